The standard InChI is InChI=1S/C24H19N5O3S/c30-23(17-4-2-1-3-5-17)18-8-11-20-21(15-18)33-24(31)29(20)12-13-32-19-9-6-16(7-10-19)14-22-25-27-28-26-22/h1-11,15H,12-14H2,(H,25,26,27,28). The minimum Gasteiger partial charge on any atom is -0.492 e. The van der Waals surface area contributed by atoms with Gasteiger partial charge in [-0.25, -0.2) is 5.10 Å². The molecule has 2 heterocycles. The number of carbonyl (C=O) groups excluding carboxylic acids is 1. The maximum atomic E-state index is 12.7. The molecule has 3 aromatic carbocycles. The first-order chi connectivity index (χ1) is 16.2. The fraction of sp³-hybridized carbons (Fsp3) is 0.125. The molecule has 0 radical (unpaired) electrons. The number of nitrogens with one attached hydrogen (secondary N) is 1. The highest BCUT2D eigenvalue weighted by atomic mass is 32.1. The summed E-state index contributed by atoms with van der Waals surface area (Å²) in [4.78, 5) is 25.2. The zero-order chi connectivity index (χ0) is 22.6. The first kappa shape index (κ1) is 20.8. The van der Waals surface area contributed by atoms with Crippen LogP contribution in [0.15, 0.2) is 77.6 Å². The molecule has 1 N–H and O–H groups in total. The molecule has 2 aromatic heterocycles. The van der Waals surface area contributed by atoms with Crippen LogP contribution in [0.2, 0.25) is 0 Å². The van der Waals surface area contributed by atoms with Gasteiger partial charge in [0.05, 0.1) is 16.8 Å². The molecule has 164 valence electrons. The summed E-state index contributed by atoms with van der Waals surface area (Å²) in [5.74, 6) is 1.36. The first-order valence-electron chi connectivity index (χ1n) is 10.3. The summed E-state index contributed by atoms with van der Waals surface area (Å²) < 4.78 is 8.30. The average molecular weight is 458 g/mol. The van der Waals surface area contributed by atoms with Crippen molar-refractivity contribution >= 4 is 27.3 Å². The van der Waals surface area contributed by atoms with Crippen molar-refractivity contribution in [2.75, 3.05) is 6.61 Å². The van der Waals surface area contributed by atoms with Crippen LogP contribution in [0.3, 0.4) is 0 Å². The minimum absolute atomic E-state index is 0.0590. The number of fused-ring (bicyclic) bond motifs is 1. The van der Waals surface area contributed by atoms with Crippen molar-refractivity contribution in [2.24, 2.45) is 0 Å². The van der Waals surface area contributed by atoms with Crippen LogP contribution < -0.4 is 9.61 Å². The zero-order valence-corrected chi connectivity index (χ0v) is 18.3. The predicted molar refractivity (Wildman–Crippen MR) is 125 cm³/mol. The summed E-state index contributed by atoms with van der Waals surface area (Å²) in [6.45, 7) is 0.762. The maximum absolute atomic E-state index is 12.7. The van der Waals surface area contributed by atoms with Gasteiger partial charge in [-0.05, 0) is 46.3 Å². The molecule has 0 spiro atoms. The SMILES string of the molecule is O=C(c1ccccc1)c1ccc2c(c1)sc(=O)n2CCOc1ccc(Cc2nnn[nH]2)cc1. The lowest BCUT2D eigenvalue weighted by molar-refractivity contribution is 0.103. The molecular formula is C24H19N5O3S. The Kier molecular flexibility index (Phi) is 5.77. The summed E-state index contributed by atoms with van der Waals surface area (Å²) in [7, 11) is 0. The van der Waals surface area contributed by atoms with E-state index in [-0.39, 0.29) is 10.7 Å². The van der Waals surface area contributed by atoms with Gasteiger partial charge in [0.15, 0.2) is 11.6 Å². The van der Waals surface area contributed by atoms with Crippen molar-refractivity contribution in [3.8, 4) is 5.75 Å². The molecule has 5 rings (SSSR count). The summed E-state index contributed by atoms with van der Waals surface area (Å²) >= 11 is 1.14. The van der Waals surface area contributed by atoms with Crippen LogP contribution in [0, 0.1) is 0 Å². The molecule has 0 saturated heterocycles. The molecule has 0 bridgehead atoms. The second kappa shape index (κ2) is 9.17. The summed E-state index contributed by atoms with van der Waals surface area (Å²) in [5.41, 5.74) is 3.05. The number of carbonyl (C=O) groups is 1. The predicted octanol–water partition coefficient (Wildman–Crippen LogP) is 3.48. The van der Waals surface area contributed by atoms with Gasteiger partial charge in [0.25, 0.3) is 0 Å². The molecule has 5 aromatic rings. The van der Waals surface area contributed by atoms with E-state index in [9.17, 15) is 9.59 Å². The van der Waals surface area contributed by atoms with E-state index in [1.165, 1.54) is 0 Å². The summed E-state index contributed by atoms with van der Waals surface area (Å²) in [5, 5.41) is 13.7. The molecule has 0 saturated carbocycles. The van der Waals surface area contributed by atoms with Gasteiger partial charge in [0.1, 0.15) is 12.4 Å². The van der Waals surface area contributed by atoms with E-state index in [0.29, 0.717) is 36.5 Å². The van der Waals surface area contributed by atoms with Crippen molar-refractivity contribution < 1.29 is 9.53 Å². The third kappa shape index (κ3) is 4.58. The van der Waals surface area contributed by atoms with Crippen LogP contribution in [0.25, 0.3) is 10.2 Å². The number of hydrogen-bond acceptors (Lipinski definition) is 7. The third-order valence-corrected chi connectivity index (χ3v) is 6.18. The van der Waals surface area contributed by atoms with Gasteiger partial charge in [0, 0.05) is 17.5 Å². The Morgan fingerprint density at radius 3 is 2.58 bits per heavy atom. The Balaban J connectivity index is 1.25. The quantitative estimate of drug-likeness (QED) is 0.358. The number of aromatic amines is 1. The van der Waals surface area contributed by atoms with Crippen molar-refractivity contribution in [3.63, 3.8) is 0 Å². The highest BCUT2D eigenvalue weighted by Crippen LogP contribution is 2.21. The van der Waals surface area contributed by atoms with Crippen molar-refractivity contribution in [1.82, 2.24) is 25.2 Å². The molecule has 8 nitrogen and oxygen atoms in total. The number of nitrogens with zero attached hydrogens (tertiary/aromatic N) is 4. The number of hydrogen-bond donors (Lipinski definition) is 1. The maximum Gasteiger partial charge on any atom is 0.308 e. The van der Waals surface area contributed by atoms with E-state index in [0.717, 1.165) is 32.9 Å². The fourth-order valence-electron chi connectivity index (χ4n) is 3.58. The van der Waals surface area contributed by atoms with Crippen molar-refractivity contribution in [3.05, 3.63) is 105 Å². The Morgan fingerprint density at radius 2 is 1.82 bits per heavy atom. The van der Waals surface area contributed by atoms with Gasteiger partial charge < -0.3 is 4.74 Å². The van der Waals surface area contributed by atoms with E-state index < -0.39 is 0 Å². The lowest BCUT2D eigenvalue weighted by Crippen LogP contribution is -2.17. The van der Waals surface area contributed by atoms with Crippen molar-refractivity contribution in [1.29, 1.82) is 0 Å². The minimum atomic E-state index is -0.0751. The molecule has 9 heteroatoms. The van der Waals surface area contributed by atoms with Crippen LogP contribution in [0.4, 0.5) is 0 Å². The molecular weight excluding hydrogens is 438 g/mol. The highest BCUT2D eigenvalue weighted by Gasteiger charge is 2.13. The van der Waals surface area contributed by atoms with E-state index in [1.54, 1.807) is 28.8 Å². The Labute approximate surface area is 192 Å². The zero-order valence-electron chi connectivity index (χ0n) is 17.5. The second-order valence-corrected chi connectivity index (χ2v) is 8.41. The van der Waals surface area contributed by atoms with Gasteiger partial charge in [-0.1, -0.05) is 53.8 Å². The topological polar surface area (TPSA) is 103 Å². The molecule has 0 aliphatic carbocycles. The number of rotatable bonds is 8. The van der Waals surface area contributed by atoms with Crippen LogP contribution in [0.1, 0.15) is 27.3 Å². The third-order valence-electron chi connectivity index (χ3n) is 5.23. The molecule has 0 atom stereocenters. The molecule has 0 aliphatic rings. The largest absolute Gasteiger partial charge is 0.492 e. The van der Waals surface area contributed by atoms with Crippen LogP contribution in [-0.2, 0) is 13.0 Å². The number of thiazole rings is 1. The summed E-state index contributed by atoms with van der Waals surface area (Å²) in [6, 6.07) is 22.2. The average Bonchev–Trinajstić information content (AvgIpc) is 3.47. The van der Waals surface area contributed by atoms with Gasteiger partial charge in [-0.2, -0.15) is 0 Å². The van der Waals surface area contributed by atoms with Gasteiger partial charge in [0.2, 0.25) is 0 Å². The first-order valence-corrected chi connectivity index (χ1v) is 11.2. The number of aromatic nitrogens is 5. The molecule has 0 unspecified atom stereocenters. The Morgan fingerprint density at radius 1 is 1.00 bits per heavy atom. The van der Waals surface area contributed by atoms with Gasteiger partial charge >= 0.3 is 4.87 Å². The molecule has 33 heavy (non-hydrogen) atoms. The number of benzene rings is 3. The summed E-state index contributed by atoms with van der Waals surface area (Å²) in [6.07, 6.45) is 0.609. The van der Waals surface area contributed by atoms with E-state index in [4.69, 9.17) is 4.74 Å². The van der Waals surface area contributed by atoms with Gasteiger partial charge in [-0.3, -0.25) is 14.2 Å². The lowest BCUT2D eigenvalue weighted by atomic mass is 10.0. The number of H-pyrrole nitrogens is 1. The van der Waals surface area contributed by atoms with Crippen LogP contribution in [0.5, 0.6) is 5.75 Å². The lowest BCUT2D eigenvalue weighted by Gasteiger charge is -2.08. The Bertz CT molecular complexity index is 1440. The molecule has 0 fully saturated rings. The van der Waals surface area contributed by atoms with Crippen molar-refractivity contribution in [2.45, 2.75) is 13.0 Å². The van der Waals surface area contributed by atoms with Gasteiger partial charge in [-0.15, -0.1) is 5.10 Å². The molecule has 0 aliphatic heterocycles. The van der Waals surface area contributed by atoms with Crippen LogP contribution >= 0.6 is 11.3 Å². The monoisotopic (exact) mass is 457 g/mol. The normalized spacial score (nSPS) is 11.0. The fourth-order valence-corrected chi connectivity index (χ4v) is 4.54. The smallest absolute Gasteiger partial charge is 0.308 e. The van der Waals surface area contributed by atoms with E-state index in [2.05, 4.69) is 20.6 Å². The highest BCUT2D eigenvalue weighted by molar-refractivity contribution is 7.16. The number of ketones is 1. The number of tetrazole rings is 1. The number of ether oxygens (including phenoxy) is 1. The van der Waals surface area contributed by atoms with E-state index >= 15 is 0 Å². The second-order valence-electron chi connectivity index (χ2n) is 7.41. The van der Waals surface area contributed by atoms with E-state index in [1.807, 2.05) is 48.5 Å². The van der Waals surface area contributed by atoms with Crippen LogP contribution in [-0.4, -0.2) is 37.6 Å². The Hall–Kier alpha value is -4.11. The molecule has 0 amide bonds.